The number of anilines is 1. The van der Waals surface area contributed by atoms with Crippen LogP contribution < -0.4 is 10.1 Å². The molecule has 23 heavy (non-hydrogen) atoms. The van der Waals surface area contributed by atoms with Gasteiger partial charge in [-0.25, -0.2) is 0 Å². The Morgan fingerprint density at radius 2 is 1.96 bits per heavy atom. The quantitative estimate of drug-likeness (QED) is 0.589. The molecule has 0 bridgehead atoms. The van der Waals surface area contributed by atoms with E-state index in [-0.39, 0.29) is 11.7 Å². The number of nitrogens with one attached hydrogen (secondary N) is 1. The van der Waals surface area contributed by atoms with E-state index in [0.29, 0.717) is 32.5 Å². The maximum Gasteiger partial charge on any atom is 0.214 e. The first-order valence-corrected chi connectivity index (χ1v) is 9.06. The van der Waals surface area contributed by atoms with Crippen molar-refractivity contribution >= 4 is 22.6 Å². The van der Waals surface area contributed by atoms with E-state index in [1.165, 1.54) is 11.8 Å². The third-order valence-electron chi connectivity index (χ3n) is 2.81. The molecule has 1 rings (SSSR count). The van der Waals surface area contributed by atoms with Crippen molar-refractivity contribution in [1.82, 2.24) is 0 Å². The van der Waals surface area contributed by atoms with E-state index in [2.05, 4.69) is 19.2 Å². The van der Waals surface area contributed by atoms with Gasteiger partial charge in [0.15, 0.2) is 0 Å². The van der Waals surface area contributed by atoms with E-state index in [9.17, 15) is 4.79 Å². The molecule has 0 amide bonds. The molecule has 0 spiro atoms. The molecule has 0 unspecified atom stereocenters. The largest absolute Gasteiger partial charge is 0.491 e. The second kappa shape index (κ2) is 12.2. The van der Waals surface area contributed by atoms with Gasteiger partial charge in [-0.15, -0.1) is 0 Å². The van der Waals surface area contributed by atoms with Crippen LogP contribution in [0.2, 0.25) is 0 Å². The molecule has 0 aromatic heterocycles. The van der Waals surface area contributed by atoms with Gasteiger partial charge in [0.05, 0.1) is 6.61 Å². The Hall–Kier alpha value is -1.24. The molecular formula is C17H27NO4S. The number of rotatable bonds is 12. The Bertz CT molecular complexity index is 454. The van der Waals surface area contributed by atoms with Crippen LogP contribution in [-0.4, -0.2) is 50.4 Å². The molecule has 0 atom stereocenters. The molecule has 130 valence electrons. The summed E-state index contributed by atoms with van der Waals surface area (Å²) in [5, 5.41) is 3.39. The topological polar surface area (TPSA) is 56.8 Å². The van der Waals surface area contributed by atoms with Gasteiger partial charge in [0, 0.05) is 31.0 Å². The lowest BCUT2D eigenvalue weighted by molar-refractivity contribution is -0.115. The first-order chi connectivity index (χ1) is 11.1. The molecule has 1 N–H and O–H groups in total. The monoisotopic (exact) mass is 341 g/mol. The van der Waals surface area contributed by atoms with Gasteiger partial charge in [-0.3, -0.25) is 4.79 Å². The van der Waals surface area contributed by atoms with E-state index in [1.54, 1.807) is 6.26 Å². The number of hydrogen-bond acceptors (Lipinski definition) is 6. The van der Waals surface area contributed by atoms with Crippen LogP contribution in [0.1, 0.15) is 20.3 Å². The number of carbonyl (C=O) groups excluding carboxylic acids is 1. The summed E-state index contributed by atoms with van der Waals surface area (Å²) in [4.78, 5) is 11.0. The van der Waals surface area contributed by atoms with Gasteiger partial charge in [-0.2, -0.15) is 0 Å². The standard InChI is InChI=1S/C17H27NO4S/c1-14(2)18-15-6-4-7-16(12-15)22-11-10-20-8-5-9-21-13-17(19)23-3/h4,6-7,12,14,18H,5,8-11,13H2,1-3H3. The smallest absolute Gasteiger partial charge is 0.214 e. The molecule has 6 heteroatoms. The summed E-state index contributed by atoms with van der Waals surface area (Å²) < 4.78 is 16.3. The summed E-state index contributed by atoms with van der Waals surface area (Å²) in [6.07, 6.45) is 2.53. The minimum Gasteiger partial charge on any atom is -0.491 e. The summed E-state index contributed by atoms with van der Waals surface area (Å²) in [5.41, 5.74) is 1.05. The highest BCUT2D eigenvalue weighted by molar-refractivity contribution is 8.13. The molecule has 1 aromatic rings. The zero-order valence-corrected chi connectivity index (χ0v) is 15.0. The van der Waals surface area contributed by atoms with Gasteiger partial charge in [0.25, 0.3) is 0 Å². The Labute approximate surface area is 143 Å². The number of thioether (sulfide) groups is 1. The highest BCUT2D eigenvalue weighted by Crippen LogP contribution is 2.17. The zero-order valence-electron chi connectivity index (χ0n) is 14.2. The van der Waals surface area contributed by atoms with Crippen LogP contribution in [0.5, 0.6) is 5.75 Å². The third kappa shape index (κ3) is 10.2. The highest BCUT2D eigenvalue weighted by atomic mass is 32.2. The second-order valence-corrected chi connectivity index (χ2v) is 6.13. The molecule has 0 heterocycles. The number of benzene rings is 1. The molecule has 0 aliphatic rings. The predicted octanol–water partition coefficient (Wildman–Crippen LogP) is 3.20. The maximum absolute atomic E-state index is 11.0. The average Bonchev–Trinajstić information content (AvgIpc) is 2.52. The third-order valence-corrected chi connectivity index (χ3v) is 3.38. The van der Waals surface area contributed by atoms with Gasteiger partial charge in [-0.1, -0.05) is 17.8 Å². The molecule has 5 nitrogen and oxygen atoms in total. The van der Waals surface area contributed by atoms with E-state index < -0.39 is 0 Å². The summed E-state index contributed by atoms with van der Waals surface area (Å²) in [6.45, 7) is 6.56. The second-order valence-electron chi connectivity index (χ2n) is 5.27. The fraction of sp³-hybridized carbons (Fsp3) is 0.588. The van der Waals surface area contributed by atoms with Crippen LogP contribution in [-0.2, 0) is 14.3 Å². The normalized spacial score (nSPS) is 10.8. The molecule has 0 radical (unpaired) electrons. The van der Waals surface area contributed by atoms with E-state index in [1.807, 2.05) is 24.3 Å². The summed E-state index contributed by atoms with van der Waals surface area (Å²) in [7, 11) is 0. The maximum atomic E-state index is 11.0. The summed E-state index contributed by atoms with van der Waals surface area (Å²) in [6, 6.07) is 8.29. The van der Waals surface area contributed by atoms with Gasteiger partial charge in [0.2, 0.25) is 5.12 Å². The minimum absolute atomic E-state index is 0.0495. The predicted molar refractivity (Wildman–Crippen MR) is 95.5 cm³/mol. The van der Waals surface area contributed by atoms with Crippen molar-refractivity contribution in [2.75, 3.05) is 44.6 Å². The minimum atomic E-state index is 0.0495. The van der Waals surface area contributed by atoms with Crippen LogP contribution >= 0.6 is 11.8 Å². The van der Waals surface area contributed by atoms with Crippen LogP contribution in [0, 0.1) is 0 Å². The summed E-state index contributed by atoms with van der Waals surface area (Å²) in [5.74, 6) is 0.832. The average molecular weight is 341 g/mol. The number of hydrogen-bond donors (Lipinski definition) is 1. The van der Waals surface area contributed by atoms with Crippen molar-refractivity contribution in [3.63, 3.8) is 0 Å². The zero-order chi connectivity index (χ0) is 16.9. The highest BCUT2D eigenvalue weighted by Gasteiger charge is 2.00. The van der Waals surface area contributed by atoms with Crippen molar-refractivity contribution < 1.29 is 19.0 Å². The summed E-state index contributed by atoms with van der Waals surface area (Å²) >= 11 is 1.19. The lowest BCUT2D eigenvalue weighted by Crippen LogP contribution is -2.11. The Morgan fingerprint density at radius 3 is 2.70 bits per heavy atom. The first kappa shape index (κ1) is 19.8. The van der Waals surface area contributed by atoms with Crippen molar-refractivity contribution in [1.29, 1.82) is 0 Å². The van der Waals surface area contributed by atoms with E-state index in [4.69, 9.17) is 14.2 Å². The Morgan fingerprint density at radius 1 is 1.17 bits per heavy atom. The Kier molecular flexibility index (Phi) is 10.5. The van der Waals surface area contributed by atoms with Gasteiger partial charge >= 0.3 is 0 Å². The molecule has 0 fully saturated rings. The van der Waals surface area contributed by atoms with Crippen LogP contribution in [0.3, 0.4) is 0 Å². The van der Waals surface area contributed by atoms with Crippen LogP contribution in [0.15, 0.2) is 24.3 Å². The number of carbonyl (C=O) groups is 1. The fourth-order valence-electron chi connectivity index (χ4n) is 1.81. The molecule has 0 saturated heterocycles. The lowest BCUT2D eigenvalue weighted by atomic mass is 10.2. The molecule has 0 saturated carbocycles. The lowest BCUT2D eigenvalue weighted by Gasteiger charge is -2.12. The van der Waals surface area contributed by atoms with Crippen molar-refractivity contribution in [2.24, 2.45) is 0 Å². The van der Waals surface area contributed by atoms with Gasteiger partial charge < -0.3 is 19.5 Å². The van der Waals surface area contributed by atoms with Crippen LogP contribution in [0.4, 0.5) is 5.69 Å². The molecule has 0 aliphatic carbocycles. The molecule has 0 aliphatic heterocycles. The van der Waals surface area contributed by atoms with E-state index >= 15 is 0 Å². The van der Waals surface area contributed by atoms with Crippen molar-refractivity contribution in [3.8, 4) is 5.75 Å². The fourth-order valence-corrected chi connectivity index (χ4v) is 2.01. The van der Waals surface area contributed by atoms with Crippen molar-refractivity contribution in [3.05, 3.63) is 24.3 Å². The Balaban J connectivity index is 2.03. The number of ether oxygens (including phenoxy) is 3. The first-order valence-electron chi connectivity index (χ1n) is 7.83. The van der Waals surface area contributed by atoms with Crippen LogP contribution in [0.25, 0.3) is 0 Å². The molecular weight excluding hydrogens is 314 g/mol. The van der Waals surface area contributed by atoms with Crippen molar-refractivity contribution in [2.45, 2.75) is 26.3 Å². The van der Waals surface area contributed by atoms with E-state index in [0.717, 1.165) is 17.9 Å². The molecule has 1 aromatic carbocycles. The van der Waals surface area contributed by atoms with Gasteiger partial charge in [-0.05, 0) is 38.7 Å². The van der Waals surface area contributed by atoms with Gasteiger partial charge in [0.1, 0.15) is 19.0 Å². The SMILES string of the molecule is CSC(=O)COCCCOCCOc1cccc(NC(C)C)c1.